The number of methoxy groups -OCH3 is 1. The first-order valence-corrected chi connectivity index (χ1v) is 9.01. The molecule has 0 unspecified atom stereocenters. The summed E-state index contributed by atoms with van der Waals surface area (Å²) in [6.45, 7) is 2.72. The highest BCUT2D eigenvalue weighted by atomic mass is 19.4. The molecule has 0 aliphatic heterocycles. The van der Waals surface area contributed by atoms with Crippen LogP contribution >= 0.6 is 0 Å². The van der Waals surface area contributed by atoms with Gasteiger partial charge in [-0.15, -0.1) is 0 Å². The minimum atomic E-state index is -4.32. The van der Waals surface area contributed by atoms with Gasteiger partial charge in [-0.3, -0.25) is 0 Å². The highest BCUT2D eigenvalue weighted by Gasteiger charge is 2.29. The fraction of sp³-hybridized carbons (Fsp3) is 0.217. The lowest BCUT2D eigenvalue weighted by Crippen LogP contribution is -2.18. The van der Waals surface area contributed by atoms with E-state index in [-0.39, 0.29) is 6.04 Å². The molecule has 0 aromatic heterocycles. The van der Waals surface area contributed by atoms with Gasteiger partial charge in [0.15, 0.2) is 0 Å². The summed E-state index contributed by atoms with van der Waals surface area (Å²) in [6.07, 6.45) is -4.32. The molecular formula is C23H22F3NO. The molecule has 0 radical (unpaired) electrons. The first kappa shape index (κ1) is 20.0. The van der Waals surface area contributed by atoms with E-state index in [1.807, 2.05) is 48.5 Å². The van der Waals surface area contributed by atoms with Gasteiger partial charge < -0.3 is 10.1 Å². The summed E-state index contributed by atoms with van der Waals surface area (Å²) in [4.78, 5) is 0. The number of hydrogen-bond donors (Lipinski definition) is 1. The Hall–Kier alpha value is -2.79. The maximum absolute atomic E-state index is 12.7. The van der Waals surface area contributed by atoms with Crippen molar-refractivity contribution in [2.45, 2.75) is 25.7 Å². The largest absolute Gasteiger partial charge is 0.497 e. The van der Waals surface area contributed by atoms with Crippen molar-refractivity contribution in [3.8, 4) is 16.9 Å². The minimum absolute atomic E-state index is 0.129. The van der Waals surface area contributed by atoms with E-state index in [4.69, 9.17) is 4.74 Å². The molecule has 0 bridgehead atoms. The molecule has 0 aliphatic rings. The molecule has 3 aromatic rings. The van der Waals surface area contributed by atoms with Gasteiger partial charge in [0.05, 0.1) is 12.7 Å². The van der Waals surface area contributed by atoms with Crippen LogP contribution in [0, 0.1) is 0 Å². The highest BCUT2D eigenvalue weighted by Crippen LogP contribution is 2.31. The third-order valence-electron chi connectivity index (χ3n) is 4.68. The van der Waals surface area contributed by atoms with Crippen molar-refractivity contribution < 1.29 is 17.9 Å². The summed E-state index contributed by atoms with van der Waals surface area (Å²) in [5.74, 6) is 0.815. The summed E-state index contributed by atoms with van der Waals surface area (Å²) < 4.78 is 43.5. The number of ether oxygens (including phenoxy) is 1. The highest BCUT2D eigenvalue weighted by molar-refractivity contribution is 5.64. The molecule has 5 heteroatoms. The molecule has 0 spiro atoms. The Bertz CT molecular complexity index is 920. The van der Waals surface area contributed by atoms with E-state index in [2.05, 4.69) is 12.2 Å². The van der Waals surface area contributed by atoms with Gasteiger partial charge >= 0.3 is 6.18 Å². The Labute approximate surface area is 163 Å². The van der Waals surface area contributed by atoms with E-state index in [1.54, 1.807) is 7.11 Å². The second kappa shape index (κ2) is 8.48. The Morgan fingerprint density at radius 2 is 1.61 bits per heavy atom. The lowest BCUT2D eigenvalue weighted by molar-refractivity contribution is -0.137. The smallest absolute Gasteiger partial charge is 0.416 e. The molecule has 0 saturated carbocycles. The molecule has 2 nitrogen and oxygen atoms in total. The molecular weight excluding hydrogens is 363 g/mol. The van der Waals surface area contributed by atoms with E-state index in [1.165, 1.54) is 12.1 Å². The molecule has 1 atom stereocenters. The number of hydrogen-bond acceptors (Lipinski definition) is 2. The van der Waals surface area contributed by atoms with Gasteiger partial charge in [-0.25, -0.2) is 0 Å². The van der Waals surface area contributed by atoms with Crippen LogP contribution in [0.25, 0.3) is 11.1 Å². The van der Waals surface area contributed by atoms with Crippen molar-refractivity contribution in [2.75, 3.05) is 7.11 Å². The van der Waals surface area contributed by atoms with Gasteiger partial charge in [0, 0.05) is 12.6 Å². The average Bonchev–Trinajstić information content (AvgIpc) is 2.71. The lowest BCUT2D eigenvalue weighted by Gasteiger charge is -2.16. The van der Waals surface area contributed by atoms with Crippen LogP contribution in [-0.2, 0) is 12.7 Å². The van der Waals surface area contributed by atoms with Crippen LogP contribution in [0.2, 0.25) is 0 Å². The standard InChI is InChI=1S/C23H22F3NO/c1-16(19-6-4-8-22(14-19)28-2)27-15-17-5-3-7-20(13-17)18-9-11-21(12-10-18)23(24,25)26/h3-14,16,27H,15H2,1-2H3/t16-/m1/s1. The predicted octanol–water partition coefficient (Wildman–Crippen LogP) is 6.23. The molecule has 0 saturated heterocycles. The third-order valence-corrected chi connectivity index (χ3v) is 4.68. The average molecular weight is 385 g/mol. The number of halogens is 3. The minimum Gasteiger partial charge on any atom is -0.497 e. The van der Waals surface area contributed by atoms with Gasteiger partial charge in [-0.05, 0) is 59.5 Å². The molecule has 3 aromatic carbocycles. The first-order valence-electron chi connectivity index (χ1n) is 9.01. The van der Waals surface area contributed by atoms with Crippen LogP contribution in [0.5, 0.6) is 5.75 Å². The van der Waals surface area contributed by atoms with Crippen LogP contribution in [0.1, 0.15) is 29.7 Å². The van der Waals surface area contributed by atoms with E-state index in [0.29, 0.717) is 6.54 Å². The normalized spacial score (nSPS) is 12.6. The maximum atomic E-state index is 12.7. The SMILES string of the molecule is COc1cccc([C@@H](C)NCc2cccc(-c3ccc(C(F)(F)F)cc3)c2)c1. The number of nitrogens with one attached hydrogen (secondary N) is 1. The molecule has 0 fully saturated rings. The number of benzene rings is 3. The second-order valence-corrected chi connectivity index (χ2v) is 6.65. The van der Waals surface area contributed by atoms with E-state index < -0.39 is 11.7 Å². The van der Waals surface area contributed by atoms with E-state index in [9.17, 15) is 13.2 Å². The zero-order valence-electron chi connectivity index (χ0n) is 15.8. The molecule has 0 aliphatic carbocycles. The van der Waals surface area contributed by atoms with Crippen LogP contribution in [0.4, 0.5) is 13.2 Å². The Kier molecular flexibility index (Phi) is 6.05. The van der Waals surface area contributed by atoms with E-state index in [0.717, 1.165) is 40.1 Å². The number of rotatable bonds is 6. The van der Waals surface area contributed by atoms with Crippen molar-refractivity contribution in [3.05, 3.63) is 89.5 Å². The van der Waals surface area contributed by atoms with Gasteiger partial charge in [0.1, 0.15) is 5.75 Å². The summed E-state index contributed by atoms with van der Waals surface area (Å²) in [5.41, 5.74) is 3.20. The van der Waals surface area contributed by atoms with Crippen LogP contribution in [0.15, 0.2) is 72.8 Å². The van der Waals surface area contributed by atoms with Crippen LogP contribution < -0.4 is 10.1 Å². The molecule has 3 rings (SSSR count). The van der Waals surface area contributed by atoms with Gasteiger partial charge in [-0.2, -0.15) is 13.2 Å². The van der Waals surface area contributed by atoms with Crippen molar-refractivity contribution >= 4 is 0 Å². The fourth-order valence-electron chi connectivity index (χ4n) is 3.01. The number of alkyl halides is 3. The van der Waals surface area contributed by atoms with Crippen molar-refractivity contribution in [1.82, 2.24) is 5.32 Å². The molecule has 1 N–H and O–H groups in total. The zero-order valence-corrected chi connectivity index (χ0v) is 15.8. The third kappa shape index (κ3) is 4.93. The molecule has 0 amide bonds. The summed E-state index contributed by atoms with van der Waals surface area (Å²) in [6, 6.07) is 21.1. The van der Waals surface area contributed by atoms with Crippen LogP contribution in [0.3, 0.4) is 0 Å². The van der Waals surface area contributed by atoms with Gasteiger partial charge in [0.2, 0.25) is 0 Å². The zero-order chi connectivity index (χ0) is 20.1. The Morgan fingerprint density at radius 3 is 2.29 bits per heavy atom. The molecule has 146 valence electrons. The topological polar surface area (TPSA) is 21.3 Å². The quantitative estimate of drug-likeness (QED) is 0.543. The summed E-state index contributed by atoms with van der Waals surface area (Å²) in [5, 5.41) is 3.47. The lowest BCUT2D eigenvalue weighted by atomic mass is 10.0. The van der Waals surface area contributed by atoms with E-state index >= 15 is 0 Å². The van der Waals surface area contributed by atoms with Crippen molar-refractivity contribution in [3.63, 3.8) is 0 Å². The molecule has 28 heavy (non-hydrogen) atoms. The summed E-state index contributed by atoms with van der Waals surface area (Å²) >= 11 is 0. The van der Waals surface area contributed by atoms with Gasteiger partial charge in [0.25, 0.3) is 0 Å². The predicted molar refractivity (Wildman–Crippen MR) is 105 cm³/mol. The second-order valence-electron chi connectivity index (χ2n) is 6.65. The summed E-state index contributed by atoms with van der Waals surface area (Å²) in [7, 11) is 1.64. The fourth-order valence-corrected chi connectivity index (χ4v) is 3.01. The van der Waals surface area contributed by atoms with Crippen molar-refractivity contribution in [2.24, 2.45) is 0 Å². The Morgan fingerprint density at radius 1 is 0.893 bits per heavy atom. The van der Waals surface area contributed by atoms with Crippen molar-refractivity contribution in [1.29, 1.82) is 0 Å². The first-order chi connectivity index (χ1) is 13.4. The van der Waals surface area contributed by atoms with Gasteiger partial charge in [-0.1, -0.05) is 42.5 Å². The maximum Gasteiger partial charge on any atom is 0.416 e. The van der Waals surface area contributed by atoms with Crippen LogP contribution in [-0.4, -0.2) is 7.11 Å². The Balaban J connectivity index is 1.69. The molecule has 0 heterocycles. The monoisotopic (exact) mass is 385 g/mol.